The lowest BCUT2D eigenvalue weighted by Gasteiger charge is -2.15. The summed E-state index contributed by atoms with van der Waals surface area (Å²) in [5.41, 5.74) is 0.342. The van der Waals surface area contributed by atoms with E-state index in [-0.39, 0.29) is 29.0 Å². The highest BCUT2D eigenvalue weighted by Gasteiger charge is 2.34. The Morgan fingerprint density at radius 1 is 1.02 bits per heavy atom. The van der Waals surface area contributed by atoms with Crippen LogP contribution in [-0.2, 0) is 14.4 Å². The van der Waals surface area contributed by atoms with E-state index in [1.165, 1.54) is 0 Å². The van der Waals surface area contributed by atoms with Crippen molar-refractivity contribution in [1.29, 1.82) is 0 Å². The van der Waals surface area contributed by atoms with Gasteiger partial charge in [-0.2, -0.15) is 0 Å². The quantitative estimate of drug-likeness (QED) is 0.226. The number of aliphatic imine (C=N–C) groups is 1. The van der Waals surface area contributed by atoms with Crippen molar-refractivity contribution in [2.75, 3.05) is 12.4 Å². The maximum Gasteiger partial charge on any atom is 0.328 e. The number of thioether (sulfide) groups is 1. The van der Waals surface area contributed by atoms with Crippen LogP contribution in [0.15, 0.2) is 63.1 Å². The van der Waals surface area contributed by atoms with Gasteiger partial charge < -0.3 is 25.6 Å². The van der Waals surface area contributed by atoms with Crippen molar-refractivity contribution < 1.29 is 29.3 Å². The molecule has 2 atom stereocenters. The zero-order valence-electron chi connectivity index (χ0n) is 23.3. The Morgan fingerprint density at radius 3 is 2.17 bits per heavy atom. The predicted molar refractivity (Wildman–Crippen MR) is 158 cm³/mol. The fraction of sp³-hybridized carbons (Fsp3) is 0.286. The molecule has 2 aromatic carbocycles. The summed E-state index contributed by atoms with van der Waals surface area (Å²) in [6.45, 7) is 5.17. The topological polar surface area (TPSA) is 203 Å². The number of aromatic hydroxyl groups is 1. The summed E-state index contributed by atoms with van der Waals surface area (Å²) in [6, 6.07) is 13.1. The summed E-state index contributed by atoms with van der Waals surface area (Å²) >= 11 is 1.05. The minimum Gasteiger partial charge on any atom is -0.497 e. The Hall–Kier alpha value is -4.85. The molecule has 2 heterocycles. The van der Waals surface area contributed by atoms with Crippen LogP contribution in [0.3, 0.4) is 0 Å². The number of ether oxygens (including phenoxy) is 1. The SMILES string of the molecule is CC(=O)O.COc1ccc(NC(=O)CC2SC(=NC(c3ccc(C(C)C)cc3)c3c(O)[nH]c(=O)[nH]c3=O)NC2=O)cc1. The van der Waals surface area contributed by atoms with Crippen LogP contribution in [0.5, 0.6) is 11.6 Å². The van der Waals surface area contributed by atoms with Gasteiger partial charge in [-0.25, -0.2) is 9.79 Å². The van der Waals surface area contributed by atoms with Crippen molar-refractivity contribution >= 4 is 40.4 Å². The Labute approximate surface area is 244 Å². The first-order valence-corrected chi connectivity index (χ1v) is 13.6. The lowest BCUT2D eigenvalue weighted by molar-refractivity contribution is -0.134. The fourth-order valence-electron chi connectivity index (χ4n) is 3.88. The number of aromatic amines is 2. The molecule has 0 bridgehead atoms. The highest BCUT2D eigenvalue weighted by molar-refractivity contribution is 8.15. The van der Waals surface area contributed by atoms with Gasteiger partial charge in [0.05, 0.1) is 7.11 Å². The minimum atomic E-state index is -1.04. The van der Waals surface area contributed by atoms with Gasteiger partial charge in [0.2, 0.25) is 17.7 Å². The van der Waals surface area contributed by atoms with Gasteiger partial charge in [-0.1, -0.05) is 49.9 Å². The number of carboxylic acid groups (broad SMARTS) is 1. The van der Waals surface area contributed by atoms with Crippen LogP contribution in [0.25, 0.3) is 0 Å². The number of hydrogen-bond acceptors (Lipinski definition) is 9. The maximum atomic E-state index is 12.7. The van der Waals surface area contributed by atoms with Crippen LogP contribution in [0.1, 0.15) is 55.8 Å². The molecule has 0 spiro atoms. The summed E-state index contributed by atoms with van der Waals surface area (Å²) in [6.07, 6.45) is -0.111. The van der Waals surface area contributed by atoms with Gasteiger partial charge in [0.1, 0.15) is 22.6 Å². The van der Waals surface area contributed by atoms with Crippen LogP contribution in [0.4, 0.5) is 5.69 Å². The number of amidine groups is 1. The standard InChI is InChI=1S/C26H27N5O6S.C2H4O2/c1-13(2)14-4-6-15(7-5-14)21(20-23(34)29-25(36)30-24(20)35)28-26-31-22(33)18(38-26)12-19(32)27-16-8-10-17(37-3)11-9-16;1-2(3)4/h4-11,13,18,21H,12H2,1-3H3,(H,27,32)(H,28,31,33)(H3,29,30,34,35,36);1H3,(H,3,4). The second kappa shape index (κ2) is 14.2. The van der Waals surface area contributed by atoms with E-state index in [1.54, 1.807) is 43.5 Å². The zero-order chi connectivity index (χ0) is 31.0. The summed E-state index contributed by atoms with van der Waals surface area (Å²) in [5, 5.41) is 22.7. The Kier molecular flexibility index (Phi) is 10.7. The molecule has 0 radical (unpaired) electrons. The smallest absolute Gasteiger partial charge is 0.328 e. The summed E-state index contributed by atoms with van der Waals surface area (Å²) in [4.78, 5) is 67.3. The van der Waals surface area contributed by atoms with E-state index in [0.717, 1.165) is 24.2 Å². The molecule has 42 heavy (non-hydrogen) atoms. The number of methoxy groups -OCH3 is 1. The molecule has 4 rings (SSSR count). The van der Waals surface area contributed by atoms with Crippen molar-refractivity contribution in [1.82, 2.24) is 15.3 Å². The molecule has 6 N–H and O–H groups in total. The number of carbonyl (C=O) groups is 3. The molecular weight excluding hydrogens is 566 g/mol. The number of H-pyrrole nitrogens is 2. The van der Waals surface area contributed by atoms with E-state index in [1.807, 2.05) is 26.0 Å². The molecule has 222 valence electrons. The van der Waals surface area contributed by atoms with Crippen LogP contribution in [-0.4, -0.2) is 55.5 Å². The van der Waals surface area contributed by atoms with Crippen LogP contribution < -0.4 is 26.6 Å². The first-order valence-electron chi connectivity index (χ1n) is 12.7. The first kappa shape index (κ1) is 31.7. The number of amides is 2. The molecule has 3 aromatic rings. The summed E-state index contributed by atoms with van der Waals surface area (Å²) < 4.78 is 5.10. The molecule has 13 nitrogen and oxygen atoms in total. The van der Waals surface area contributed by atoms with Gasteiger partial charge in [0.15, 0.2) is 5.17 Å². The number of hydrogen-bond donors (Lipinski definition) is 6. The maximum absolute atomic E-state index is 12.7. The van der Waals surface area contributed by atoms with Crippen LogP contribution in [0, 0.1) is 0 Å². The molecule has 1 aliphatic heterocycles. The number of aromatic nitrogens is 2. The normalized spacial score (nSPS) is 15.9. The Morgan fingerprint density at radius 2 is 1.62 bits per heavy atom. The van der Waals surface area contributed by atoms with E-state index in [2.05, 4.69) is 25.6 Å². The third kappa shape index (κ3) is 8.57. The average Bonchev–Trinajstić information content (AvgIpc) is 3.25. The first-order chi connectivity index (χ1) is 19.9. The van der Waals surface area contributed by atoms with E-state index in [0.29, 0.717) is 17.0 Å². The summed E-state index contributed by atoms with van der Waals surface area (Å²) in [5.74, 6) is -1.30. The van der Waals surface area contributed by atoms with Crippen molar-refractivity contribution in [2.45, 2.75) is 44.4 Å². The predicted octanol–water partition coefficient (Wildman–Crippen LogP) is 2.70. The van der Waals surface area contributed by atoms with Gasteiger partial charge in [-0.3, -0.25) is 29.1 Å². The van der Waals surface area contributed by atoms with E-state index in [4.69, 9.17) is 14.6 Å². The second-order valence-corrected chi connectivity index (χ2v) is 10.6. The lowest BCUT2D eigenvalue weighted by atomic mass is 9.96. The Balaban J connectivity index is 0.00000114. The lowest BCUT2D eigenvalue weighted by Crippen LogP contribution is -2.29. The molecule has 0 aliphatic carbocycles. The molecule has 1 fully saturated rings. The molecule has 1 saturated heterocycles. The number of nitrogens with zero attached hydrogens (tertiary/aromatic N) is 1. The number of carboxylic acids is 1. The number of nitrogens with one attached hydrogen (secondary N) is 4. The van der Waals surface area contributed by atoms with Gasteiger partial charge in [0.25, 0.3) is 11.5 Å². The van der Waals surface area contributed by atoms with Crippen molar-refractivity contribution in [2.24, 2.45) is 4.99 Å². The fourth-order valence-corrected chi connectivity index (χ4v) is 4.88. The van der Waals surface area contributed by atoms with E-state index < -0.39 is 40.3 Å². The molecule has 2 amide bonds. The molecular formula is C28H31N5O8S. The number of carbonyl (C=O) groups excluding carboxylic acids is 2. The van der Waals surface area contributed by atoms with Crippen molar-refractivity contribution in [3.8, 4) is 11.6 Å². The molecule has 1 aliphatic rings. The van der Waals surface area contributed by atoms with Gasteiger partial charge in [-0.15, -0.1) is 0 Å². The van der Waals surface area contributed by atoms with Gasteiger partial charge in [0, 0.05) is 19.0 Å². The highest BCUT2D eigenvalue weighted by atomic mass is 32.2. The molecule has 0 saturated carbocycles. The number of benzene rings is 2. The zero-order valence-corrected chi connectivity index (χ0v) is 24.1. The average molecular weight is 598 g/mol. The second-order valence-electron chi connectivity index (χ2n) is 9.42. The van der Waals surface area contributed by atoms with Crippen molar-refractivity contribution in [3.05, 3.63) is 86.1 Å². The molecule has 14 heteroatoms. The van der Waals surface area contributed by atoms with Crippen molar-refractivity contribution in [3.63, 3.8) is 0 Å². The molecule has 1 aromatic heterocycles. The summed E-state index contributed by atoms with van der Waals surface area (Å²) in [7, 11) is 1.54. The molecule has 2 unspecified atom stereocenters. The minimum absolute atomic E-state index is 0.111. The number of rotatable bonds is 8. The van der Waals surface area contributed by atoms with Gasteiger partial charge in [-0.05, 0) is 41.3 Å². The number of anilines is 1. The number of aliphatic carboxylic acids is 1. The third-order valence-corrected chi connectivity index (χ3v) is 7.01. The van der Waals surface area contributed by atoms with Crippen LogP contribution in [0.2, 0.25) is 0 Å². The van der Waals surface area contributed by atoms with E-state index >= 15 is 0 Å². The van der Waals surface area contributed by atoms with E-state index in [9.17, 15) is 24.3 Å². The van der Waals surface area contributed by atoms with Crippen LogP contribution >= 0.6 is 11.8 Å². The largest absolute Gasteiger partial charge is 0.497 e. The Bertz CT molecular complexity index is 1580. The van der Waals surface area contributed by atoms with Gasteiger partial charge >= 0.3 is 5.69 Å². The monoisotopic (exact) mass is 597 g/mol. The highest BCUT2D eigenvalue weighted by Crippen LogP contribution is 2.32. The third-order valence-electron chi connectivity index (χ3n) is 5.92.